The van der Waals surface area contributed by atoms with E-state index in [1.807, 2.05) is 0 Å². The summed E-state index contributed by atoms with van der Waals surface area (Å²) >= 11 is 0. The monoisotopic (exact) mass is 249 g/mol. The fraction of sp³-hybridized carbons (Fsp3) is 1.00. The van der Waals surface area contributed by atoms with Gasteiger partial charge >= 0.3 is 0 Å². The highest BCUT2D eigenvalue weighted by molar-refractivity contribution is 5.10. The molecule has 4 bridgehead atoms. The molecule has 3 heterocycles. The summed E-state index contributed by atoms with van der Waals surface area (Å²) in [6.07, 6.45) is 9.87. The summed E-state index contributed by atoms with van der Waals surface area (Å²) < 4.78 is 0. The Labute approximate surface area is 111 Å². The van der Waals surface area contributed by atoms with E-state index in [9.17, 15) is 0 Å². The summed E-state index contributed by atoms with van der Waals surface area (Å²) in [6.45, 7) is 2.24. The molecule has 4 aliphatic rings. The number of hydrogen-bond acceptors (Lipinski definition) is 3. The Kier molecular flexibility index (Phi) is 2.56. The molecule has 3 saturated heterocycles. The first kappa shape index (κ1) is 11.7. The Hall–Kier alpha value is -0.120. The van der Waals surface area contributed by atoms with E-state index in [2.05, 4.69) is 16.8 Å². The lowest BCUT2D eigenvalue weighted by atomic mass is 9.80. The molecule has 2 N–H and O–H groups in total. The van der Waals surface area contributed by atoms with Crippen molar-refractivity contribution < 1.29 is 0 Å². The molecule has 4 fully saturated rings. The third kappa shape index (κ3) is 1.47. The number of nitrogens with two attached hydrogens (primary N) is 1. The highest BCUT2D eigenvalue weighted by Gasteiger charge is 2.53. The number of hydrogen-bond donors (Lipinski definition) is 1. The zero-order valence-electron chi connectivity index (χ0n) is 11.6. The Bertz CT molecular complexity index is 329. The fourth-order valence-electron chi connectivity index (χ4n) is 5.57. The van der Waals surface area contributed by atoms with Gasteiger partial charge in [-0.1, -0.05) is 0 Å². The van der Waals surface area contributed by atoms with Crippen LogP contribution in [0.15, 0.2) is 0 Å². The maximum absolute atomic E-state index is 6.29. The lowest BCUT2D eigenvalue weighted by Crippen LogP contribution is -2.63. The van der Waals surface area contributed by atoms with Gasteiger partial charge in [-0.2, -0.15) is 0 Å². The molecule has 0 aromatic carbocycles. The van der Waals surface area contributed by atoms with Gasteiger partial charge in [0.15, 0.2) is 0 Å². The molecule has 1 saturated carbocycles. The largest absolute Gasteiger partial charge is 0.329 e. The van der Waals surface area contributed by atoms with Crippen molar-refractivity contribution in [2.75, 3.05) is 20.1 Å². The zero-order valence-corrected chi connectivity index (χ0v) is 11.6. The highest BCUT2D eigenvalue weighted by atomic mass is 15.3. The average Bonchev–Trinajstić information content (AvgIpc) is 3.05. The van der Waals surface area contributed by atoms with Crippen LogP contribution in [0.2, 0.25) is 0 Å². The van der Waals surface area contributed by atoms with E-state index in [1.165, 1.54) is 51.5 Å². The quantitative estimate of drug-likeness (QED) is 0.803. The second kappa shape index (κ2) is 3.94. The van der Waals surface area contributed by atoms with E-state index >= 15 is 0 Å². The summed E-state index contributed by atoms with van der Waals surface area (Å²) in [7, 11) is 2.33. The average molecular weight is 249 g/mol. The van der Waals surface area contributed by atoms with Gasteiger partial charge in [-0.3, -0.25) is 4.90 Å². The van der Waals surface area contributed by atoms with Crippen LogP contribution in [0.25, 0.3) is 0 Å². The van der Waals surface area contributed by atoms with E-state index in [4.69, 9.17) is 5.73 Å². The van der Waals surface area contributed by atoms with Crippen LogP contribution in [-0.2, 0) is 0 Å². The Morgan fingerprint density at radius 1 is 1.06 bits per heavy atom. The van der Waals surface area contributed by atoms with Crippen LogP contribution < -0.4 is 5.73 Å². The molecule has 3 nitrogen and oxygen atoms in total. The Morgan fingerprint density at radius 2 is 1.72 bits per heavy atom. The molecule has 18 heavy (non-hydrogen) atoms. The van der Waals surface area contributed by atoms with E-state index in [1.54, 1.807) is 0 Å². The lowest BCUT2D eigenvalue weighted by Gasteiger charge is -2.52. The van der Waals surface area contributed by atoms with Gasteiger partial charge in [0, 0.05) is 36.8 Å². The van der Waals surface area contributed by atoms with Gasteiger partial charge in [-0.25, -0.2) is 0 Å². The number of fused-ring (bicyclic) bond motifs is 4. The van der Waals surface area contributed by atoms with Crippen molar-refractivity contribution in [1.82, 2.24) is 9.80 Å². The molecular weight excluding hydrogens is 222 g/mol. The number of piperidine rings is 2. The van der Waals surface area contributed by atoms with E-state index in [-0.39, 0.29) is 0 Å². The normalized spacial score (nSPS) is 52.3. The molecule has 4 atom stereocenters. The molecule has 0 spiro atoms. The van der Waals surface area contributed by atoms with E-state index in [0.717, 1.165) is 30.6 Å². The summed E-state index contributed by atoms with van der Waals surface area (Å²) in [5.74, 6) is 0.996. The Balaban J connectivity index is 1.61. The molecule has 0 aromatic rings. The van der Waals surface area contributed by atoms with Crippen LogP contribution in [0.3, 0.4) is 0 Å². The van der Waals surface area contributed by atoms with Crippen molar-refractivity contribution in [2.24, 2.45) is 11.7 Å². The van der Waals surface area contributed by atoms with Crippen LogP contribution >= 0.6 is 0 Å². The SMILES string of the molecule is CN1C2CCC1CC(CN)(N1CC3CCC1C3)C2. The van der Waals surface area contributed by atoms with Crippen molar-refractivity contribution in [3.05, 3.63) is 0 Å². The fourth-order valence-corrected chi connectivity index (χ4v) is 5.57. The third-order valence-electron chi connectivity index (χ3n) is 6.61. The van der Waals surface area contributed by atoms with Gasteiger partial charge in [0.25, 0.3) is 0 Å². The lowest BCUT2D eigenvalue weighted by molar-refractivity contribution is -0.0163. The second-order valence-electron chi connectivity index (χ2n) is 7.37. The van der Waals surface area contributed by atoms with Crippen LogP contribution in [-0.4, -0.2) is 53.6 Å². The topological polar surface area (TPSA) is 32.5 Å². The van der Waals surface area contributed by atoms with Crippen LogP contribution in [0.1, 0.15) is 44.9 Å². The van der Waals surface area contributed by atoms with Gasteiger partial charge in [-0.15, -0.1) is 0 Å². The summed E-state index contributed by atoms with van der Waals surface area (Å²) in [4.78, 5) is 5.50. The van der Waals surface area contributed by atoms with Crippen molar-refractivity contribution in [2.45, 2.75) is 68.6 Å². The molecular formula is C15H27N3. The molecule has 3 heteroatoms. The first-order chi connectivity index (χ1) is 8.72. The van der Waals surface area contributed by atoms with Crippen molar-refractivity contribution in [3.63, 3.8) is 0 Å². The summed E-state index contributed by atoms with van der Waals surface area (Å²) in [5, 5.41) is 0. The third-order valence-corrected chi connectivity index (χ3v) is 6.61. The first-order valence-electron chi connectivity index (χ1n) is 7.90. The molecule has 0 aromatic heterocycles. The maximum atomic E-state index is 6.29. The standard InChI is InChI=1S/C15H27N3/c1-17-13-4-5-14(17)8-15(7-13,10-16)18-9-11-2-3-12(18)6-11/h11-14H,2-10,16H2,1H3. The first-order valence-corrected chi connectivity index (χ1v) is 7.90. The smallest absolute Gasteiger partial charge is 0.0364 e. The van der Waals surface area contributed by atoms with Gasteiger partial charge in [0.1, 0.15) is 0 Å². The van der Waals surface area contributed by atoms with E-state index < -0.39 is 0 Å². The van der Waals surface area contributed by atoms with Gasteiger partial charge in [0.05, 0.1) is 0 Å². The molecule has 0 amide bonds. The minimum atomic E-state index is 0.359. The van der Waals surface area contributed by atoms with Crippen molar-refractivity contribution in [1.29, 1.82) is 0 Å². The molecule has 4 unspecified atom stereocenters. The molecule has 3 aliphatic heterocycles. The van der Waals surface area contributed by atoms with E-state index in [0.29, 0.717) is 5.54 Å². The van der Waals surface area contributed by atoms with Gasteiger partial charge in [0.2, 0.25) is 0 Å². The number of rotatable bonds is 2. The summed E-state index contributed by atoms with van der Waals surface area (Å²) in [5.41, 5.74) is 6.65. The maximum Gasteiger partial charge on any atom is 0.0364 e. The number of nitrogens with zero attached hydrogens (tertiary/aromatic N) is 2. The predicted octanol–water partition coefficient (Wildman–Crippen LogP) is 1.42. The Morgan fingerprint density at radius 3 is 2.22 bits per heavy atom. The minimum absolute atomic E-state index is 0.359. The number of likely N-dealkylation sites (tertiary alicyclic amines) is 1. The summed E-state index contributed by atoms with van der Waals surface area (Å²) in [6, 6.07) is 2.50. The highest BCUT2D eigenvalue weighted by Crippen LogP contribution is 2.48. The molecule has 1 aliphatic carbocycles. The zero-order chi connectivity index (χ0) is 12.3. The second-order valence-corrected chi connectivity index (χ2v) is 7.37. The molecule has 0 radical (unpaired) electrons. The van der Waals surface area contributed by atoms with Crippen LogP contribution in [0.4, 0.5) is 0 Å². The minimum Gasteiger partial charge on any atom is -0.329 e. The van der Waals surface area contributed by atoms with Crippen molar-refractivity contribution in [3.8, 4) is 0 Å². The van der Waals surface area contributed by atoms with Crippen molar-refractivity contribution >= 4 is 0 Å². The van der Waals surface area contributed by atoms with Crippen LogP contribution in [0, 0.1) is 5.92 Å². The van der Waals surface area contributed by atoms with Gasteiger partial charge < -0.3 is 10.6 Å². The van der Waals surface area contributed by atoms with Crippen LogP contribution in [0.5, 0.6) is 0 Å². The molecule has 102 valence electrons. The molecule has 4 rings (SSSR count). The van der Waals surface area contributed by atoms with Gasteiger partial charge in [-0.05, 0) is 57.9 Å². The predicted molar refractivity (Wildman–Crippen MR) is 73.4 cm³/mol.